The second kappa shape index (κ2) is 4.84. The maximum Gasteiger partial charge on any atom is 0.240 e. The van der Waals surface area contributed by atoms with E-state index in [2.05, 4.69) is 11.4 Å². The first-order valence-corrected chi connectivity index (χ1v) is 5.80. The minimum absolute atomic E-state index is 0.125. The van der Waals surface area contributed by atoms with Crippen LogP contribution in [0.5, 0.6) is 0 Å². The topological polar surface area (TPSA) is 73.1 Å². The van der Waals surface area contributed by atoms with E-state index in [4.69, 9.17) is 5.11 Å². The Morgan fingerprint density at radius 3 is 2.44 bits per heavy atom. The van der Waals surface area contributed by atoms with Crippen LogP contribution >= 0.6 is 0 Å². The molecule has 1 rings (SSSR count). The van der Waals surface area contributed by atoms with Gasteiger partial charge in [0, 0.05) is 0 Å². The van der Waals surface area contributed by atoms with Gasteiger partial charge in [0.2, 0.25) is 5.91 Å². The summed E-state index contributed by atoms with van der Waals surface area (Å²) in [6, 6.07) is 2.17. The van der Waals surface area contributed by atoms with Crippen LogP contribution in [0.2, 0.25) is 0 Å². The largest absolute Gasteiger partial charge is 0.394 e. The monoisotopic (exact) mass is 224 g/mol. The number of nitrogens with zero attached hydrogens (tertiary/aromatic N) is 1. The number of carbonyl (C=O) groups is 1. The predicted octanol–water partition coefficient (Wildman–Crippen LogP) is 1.35. The van der Waals surface area contributed by atoms with Gasteiger partial charge in [-0.15, -0.1) is 0 Å². The number of aliphatic hydroxyl groups excluding tert-OH is 1. The maximum absolute atomic E-state index is 12.1. The van der Waals surface area contributed by atoms with Crippen molar-refractivity contribution >= 4 is 5.91 Å². The lowest BCUT2D eigenvalue weighted by atomic mass is 9.74. The molecule has 0 radical (unpaired) electrons. The lowest BCUT2D eigenvalue weighted by Crippen LogP contribution is -2.52. The number of carbonyl (C=O) groups excluding carboxylic acids is 1. The minimum atomic E-state index is -0.870. The van der Waals surface area contributed by atoms with Crippen LogP contribution in [0, 0.1) is 16.7 Å². The van der Waals surface area contributed by atoms with E-state index >= 15 is 0 Å². The van der Waals surface area contributed by atoms with Crippen LogP contribution in [0.25, 0.3) is 0 Å². The summed E-state index contributed by atoms with van der Waals surface area (Å²) in [5.74, 6) is -0.228. The first-order valence-electron chi connectivity index (χ1n) is 5.80. The molecular weight excluding hydrogens is 204 g/mol. The third kappa shape index (κ3) is 2.73. The number of nitrogens with one attached hydrogen (secondary N) is 1. The molecule has 1 aliphatic rings. The second-order valence-corrected chi connectivity index (χ2v) is 5.25. The Bertz CT molecular complexity index is 299. The molecule has 0 saturated heterocycles. The van der Waals surface area contributed by atoms with E-state index in [1.165, 1.54) is 0 Å². The normalized spacial score (nSPS) is 19.9. The van der Waals surface area contributed by atoms with E-state index in [1.807, 2.05) is 0 Å². The Morgan fingerprint density at radius 1 is 1.44 bits per heavy atom. The fraction of sp³-hybridized carbons (Fsp3) is 0.833. The Labute approximate surface area is 96.6 Å². The smallest absolute Gasteiger partial charge is 0.240 e. The van der Waals surface area contributed by atoms with E-state index in [0.717, 1.165) is 19.3 Å². The van der Waals surface area contributed by atoms with E-state index in [0.29, 0.717) is 12.8 Å². The zero-order chi connectivity index (χ0) is 12.2. The lowest BCUT2D eigenvalue weighted by molar-refractivity contribution is -0.131. The molecule has 1 fully saturated rings. The van der Waals surface area contributed by atoms with Gasteiger partial charge in [0.1, 0.15) is 5.41 Å². The van der Waals surface area contributed by atoms with Crippen LogP contribution in [0.15, 0.2) is 0 Å². The SMILES string of the molecule is CC(C)(CO)NC(=O)C1(C#N)CCCCC1. The Hall–Kier alpha value is -1.08. The number of hydrogen-bond donors (Lipinski definition) is 2. The highest BCUT2D eigenvalue weighted by Crippen LogP contribution is 2.36. The molecule has 0 spiro atoms. The summed E-state index contributed by atoms with van der Waals surface area (Å²) in [7, 11) is 0. The summed E-state index contributed by atoms with van der Waals surface area (Å²) in [5, 5.41) is 21.1. The second-order valence-electron chi connectivity index (χ2n) is 5.25. The van der Waals surface area contributed by atoms with Crippen molar-refractivity contribution in [1.82, 2.24) is 5.32 Å². The minimum Gasteiger partial charge on any atom is -0.394 e. The van der Waals surface area contributed by atoms with Gasteiger partial charge in [-0.3, -0.25) is 4.79 Å². The van der Waals surface area contributed by atoms with E-state index in [1.54, 1.807) is 13.8 Å². The van der Waals surface area contributed by atoms with Gasteiger partial charge < -0.3 is 10.4 Å². The molecule has 4 nitrogen and oxygen atoms in total. The molecular formula is C12H20N2O2. The molecule has 0 aromatic heterocycles. The summed E-state index contributed by atoms with van der Waals surface area (Å²) in [6.45, 7) is 3.37. The van der Waals surface area contributed by atoms with Gasteiger partial charge in [0.25, 0.3) is 0 Å². The maximum atomic E-state index is 12.1. The predicted molar refractivity (Wildman–Crippen MR) is 60.4 cm³/mol. The van der Waals surface area contributed by atoms with Crippen molar-refractivity contribution in [3.05, 3.63) is 0 Å². The van der Waals surface area contributed by atoms with Crippen LogP contribution in [-0.4, -0.2) is 23.2 Å². The van der Waals surface area contributed by atoms with Crippen molar-refractivity contribution in [2.24, 2.45) is 5.41 Å². The van der Waals surface area contributed by atoms with Gasteiger partial charge in [0.15, 0.2) is 0 Å². The number of aliphatic hydroxyl groups is 1. The molecule has 4 heteroatoms. The van der Waals surface area contributed by atoms with Crippen molar-refractivity contribution < 1.29 is 9.90 Å². The van der Waals surface area contributed by atoms with Crippen molar-refractivity contribution in [2.45, 2.75) is 51.5 Å². The summed E-state index contributed by atoms with van der Waals surface area (Å²) >= 11 is 0. The van der Waals surface area contributed by atoms with Gasteiger partial charge in [-0.25, -0.2) is 0 Å². The van der Waals surface area contributed by atoms with E-state index in [-0.39, 0.29) is 12.5 Å². The van der Waals surface area contributed by atoms with Gasteiger partial charge in [0.05, 0.1) is 18.2 Å². The first kappa shape index (κ1) is 13.0. The zero-order valence-corrected chi connectivity index (χ0v) is 10.0. The number of hydrogen-bond acceptors (Lipinski definition) is 3. The van der Waals surface area contributed by atoms with Crippen molar-refractivity contribution in [2.75, 3.05) is 6.61 Å². The van der Waals surface area contributed by atoms with Gasteiger partial charge in [-0.05, 0) is 26.7 Å². The quantitative estimate of drug-likeness (QED) is 0.760. The summed E-state index contributed by atoms with van der Waals surface area (Å²) < 4.78 is 0. The highest BCUT2D eigenvalue weighted by atomic mass is 16.3. The van der Waals surface area contributed by atoms with Gasteiger partial charge in [-0.1, -0.05) is 19.3 Å². The van der Waals surface area contributed by atoms with Crippen molar-refractivity contribution in [3.63, 3.8) is 0 Å². The van der Waals surface area contributed by atoms with Crippen LogP contribution in [0.4, 0.5) is 0 Å². The van der Waals surface area contributed by atoms with Gasteiger partial charge in [-0.2, -0.15) is 5.26 Å². The Morgan fingerprint density at radius 2 is 2.00 bits per heavy atom. The Balaban J connectivity index is 2.74. The van der Waals surface area contributed by atoms with Crippen molar-refractivity contribution in [1.29, 1.82) is 5.26 Å². The average molecular weight is 224 g/mol. The number of rotatable bonds is 3. The molecule has 0 unspecified atom stereocenters. The van der Waals surface area contributed by atoms with E-state index < -0.39 is 11.0 Å². The molecule has 16 heavy (non-hydrogen) atoms. The van der Waals surface area contributed by atoms with Crippen LogP contribution in [0.1, 0.15) is 46.0 Å². The Kier molecular flexibility index (Phi) is 3.93. The third-order valence-corrected chi connectivity index (χ3v) is 3.20. The lowest BCUT2D eigenvalue weighted by Gasteiger charge is -2.33. The molecule has 0 aliphatic heterocycles. The summed E-state index contributed by atoms with van der Waals surface area (Å²) in [5.41, 5.74) is -1.52. The van der Waals surface area contributed by atoms with Crippen LogP contribution in [0.3, 0.4) is 0 Å². The van der Waals surface area contributed by atoms with Crippen LogP contribution < -0.4 is 5.32 Å². The number of nitriles is 1. The average Bonchev–Trinajstić information content (AvgIpc) is 2.29. The molecule has 1 saturated carbocycles. The zero-order valence-electron chi connectivity index (χ0n) is 10.0. The summed E-state index contributed by atoms with van der Waals surface area (Å²) in [6.07, 6.45) is 4.23. The highest BCUT2D eigenvalue weighted by molar-refractivity contribution is 5.86. The number of amides is 1. The van der Waals surface area contributed by atoms with Crippen molar-refractivity contribution in [3.8, 4) is 6.07 Å². The molecule has 0 aromatic carbocycles. The molecule has 0 bridgehead atoms. The third-order valence-electron chi connectivity index (χ3n) is 3.20. The standard InChI is InChI=1S/C12H20N2O2/c1-11(2,9-15)14-10(16)12(8-13)6-4-3-5-7-12/h15H,3-7,9H2,1-2H3,(H,14,16). The molecule has 0 aromatic rings. The molecule has 1 aliphatic carbocycles. The highest BCUT2D eigenvalue weighted by Gasteiger charge is 2.41. The van der Waals surface area contributed by atoms with Gasteiger partial charge >= 0.3 is 0 Å². The van der Waals surface area contributed by atoms with Crippen LogP contribution in [-0.2, 0) is 4.79 Å². The molecule has 1 amide bonds. The fourth-order valence-corrected chi connectivity index (χ4v) is 2.01. The van der Waals surface area contributed by atoms with E-state index in [9.17, 15) is 10.1 Å². The molecule has 0 heterocycles. The fourth-order valence-electron chi connectivity index (χ4n) is 2.01. The summed E-state index contributed by atoms with van der Waals surface area (Å²) in [4.78, 5) is 12.1. The first-order chi connectivity index (χ1) is 7.46. The molecule has 2 N–H and O–H groups in total. The molecule has 90 valence electrons. The molecule has 0 atom stereocenters.